The molecule has 9 rings (SSSR count). The first-order valence-corrected chi connectivity index (χ1v) is 21.0. The number of β-amino-alcohol motifs (C(OH)–C–C–N with tert-alkyl or cyclic N) is 1. The molecule has 16 nitrogen and oxygen atoms in total. The molecule has 4 heterocycles. The number of benzene rings is 5. The van der Waals surface area contributed by atoms with Gasteiger partial charge in [0.15, 0.2) is 11.6 Å². The van der Waals surface area contributed by atoms with E-state index in [4.69, 9.17) is 14.2 Å². The summed E-state index contributed by atoms with van der Waals surface area (Å²) in [6.45, 7) is -0.00299. The molecule has 2 aromatic heterocycles. The number of Topliss-reactive ketones (excluding diaryl/α,β-unsaturated/α-hetero) is 2. The number of non-ortho nitro benzene ring substituents is 1. The molecule has 7 aromatic rings. The van der Waals surface area contributed by atoms with E-state index in [9.17, 15) is 48.0 Å². The van der Waals surface area contributed by atoms with Crippen LogP contribution in [0.4, 0.5) is 24.1 Å². The molecule has 0 unspecified atom stereocenters. The number of aliphatic hydroxyl groups excluding tert-OH is 1. The Morgan fingerprint density at radius 2 is 1.13 bits per heavy atom. The lowest BCUT2D eigenvalue weighted by Gasteiger charge is -2.22. The number of carbonyl (C=O) groups excluding carboxylic acids is 5. The fraction of sp³-hybridized carbons (Fsp3) is 0.204. The number of H-pyrrole nitrogens is 2. The normalized spacial score (nSPS) is 17.7. The minimum Gasteiger partial charge on any atom is -0.457 e. The fourth-order valence-corrected chi connectivity index (χ4v) is 8.10. The van der Waals surface area contributed by atoms with Crippen molar-refractivity contribution in [2.24, 2.45) is 0 Å². The van der Waals surface area contributed by atoms with Crippen LogP contribution < -0.4 is 0 Å². The highest BCUT2D eigenvalue weighted by molar-refractivity contribution is 6.12. The first-order chi connectivity index (χ1) is 32.3. The molecular formula is C49H41F2N5O11. The second-order valence-corrected chi connectivity index (χ2v) is 15.9. The highest BCUT2D eigenvalue weighted by atomic mass is 19.1. The average Bonchev–Trinajstić information content (AvgIpc) is 4.15. The number of aliphatic hydroxyl groups is 1. The first kappa shape index (κ1) is 45.3. The number of halogens is 2. The van der Waals surface area contributed by atoms with Crippen LogP contribution in [0.3, 0.4) is 0 Å². The molecule has 0 saturated carbocycles. The van der Waals surface area contributed by atoms with E-state index in [0.29, 0.717) is 27.4 Å². The summed E-state index contributed by atoms with van der Waals surface area (Å²) in [5, 5.41) is 22.0. The van der Waals surface area contributed by atoms with Crippen molar-refractivity contribution < 1.29 is 57.0 Å². The van der Waals surface area contributed by atoms with E-state index in [-0.39, 0.29) is 61.7 Å². The van der Waals surface area contributed by atoms with Gasteiger partial charge in [0.05, 0.1) is 29.7 Å². The molecule has 0 radical (unpaired) electrons. The van der Waals surface area contributed by atoms with Gasteiger partial charge in [0, 0.05) is 70.3 Å². The summed E-state index contributed by atoms with van der Waals surface area (Å²) in [6.07, 6.45) is 0.0517. The van der Waals surface area contributed by atoms with E-state index in [1.54, 1.807) is 24.3 Å². The third-order valence-electron chi connectivity index (χ3n) is 11.4. The van der Waals surface area contributed by atoms with Crippen LogP contribution in [0.2, 0.25) is 0 Å². The minimum absolute atomic E-state index is 0.00581. The molecule has 67 heavy (non-hydrogen) atoms. The predicted molar refractivity (Wildman–Crippen MR) is 237 cm³/mol. The summed E-state index contributed by atoms with van der Waals surface area (Å²) >= 11 is 0. The Balaban J connectivity index is 0.000000192. The Morgan fingerprint density at radius 1 is 0.657 bits per heavy atom. The number of ether oxygens (including phenoxy) is 3. The number of ketones is 2. The van der Waals surface area contributed by atoms with Crippen molar-refractivity contribution in [3.05, 3.63) is 183 Å². The second kappa shape index (κ2) is 19.9. The smallest absolute Gasteiger partial charge is 0.410 e. The van der Waals surface area contributed by atoms with Crippen molar-refractivity contribution in [2.75, 3.05) is 13.1 Å². The van der Waals surface area contributed by atoms with E-state index in [1.807, 2.05) is 36.4 Å². The van der Waals surface area contributed by atoms with Gasteiger partial charge in [-0.2, -0.15) is 0 Å². The lowest BCUT2D eigenvalue weighted by Crippen LogP contribution is -2.41. The zero-order valence-electron chi connectivity index (χ0n) is 35.4. The number of hydrogen-bond donors (Lipinski definition) is 3. The van der Waals surface area contributed by atoms with Crippen molar-refractivity contribution in [1.29, 1.82) is 0 Å². The number of nitro benzene ring substituents is 1. The third kappa shape index (κ3) is 10.3. The molecule has 5 aromatic carbocycles. The standard InChI is InChI=1S/C28H22FN3O7.C21H19FN2O4/c29-19-8-11-22-23(14-30-24(22)12-19)26(33)25-13-21(39-27(34)18-6-9-20(10-7-18)32(36)37)15-31(25)28(35)38-16-17-4-2-1-3-5-17;22-14-6-7-16-17(10-23-18(16)8-14)20(26)19-9-15(25)11-24(19)21(27)28-12-13-4-2-1-3-5-13/h1-12,14,21,25,30H,13,15-16H2;1-8,10,15,19,23,25H,9,11-12H2/t21-,25-;15-,19-/m00/s1. The zero-order chi connectivity index (χ0) is 47.2. The molecule has 2 saturated heterocycles. The van der Waals surface area contributed by atoms with Crippen LogP contribution in [-0.4, -0.2) is 96.9 Å². The summed E-state index contributed by atoms with van der Waals surface area (Å²) in [5.74, 6) is -2.35. The topological polar surface area (TPSA) is 214 Å². The van der Waals surface area contributed by atoms with Gasteiger partial charge in [-0.15, -0.1) is 0 Å². The highest BCUT2D eigenvalue weighted by Gasteiger charge is 2.44. The number of carbonyl (C=O) groups is 5. The Bertz CT molecular complexity index is 2960. The molecule has 342 valence electrons. The molecule has 0 spiro atoms. The van der Waals surface area contributed by atoms with E-state index in [1.165, 1.54) is 82.9 Å². The first-order valence-electron chi connectivity index (χ1n) is 21.0. The molecule has 2 aliphatic rings. The summed E-state index contributed by atoms with van der Waals surface area (Å²) in [5.41, 5.74) is 3.05. The van der Waals surface area contributed by atoms with Crippen LogP contribution in [0.15, 0.2) is 134 Å². The van der Waals surface area contributed by atoms with Crippen LogP contribution in [0, 0.1) is 21.7 Å². The van der Waals surface area contributed by atoms with Crippen molar-refractivity contribution in [2.45, 2.75) is 50.3 Å². The minimum atomic E-state index is -1.01. The number of nitro groups is 1. The largest absolute Gasteiger partial charge is 0.457 e. The number of fused-ring (bicyclic) bond motifs is 2. The molecular weight excluding hydrogens is 873 g/mol. The van der Waals surface area contributed by atoms with Gasteiger partial charge in [-0.25, -0.2) is 23.2 Å². The number of esters is 1. The molecule has 0 bridgehead atoms. The second-order valence-electron chi connectivity index (χ2n) is 15.9. The Hall–Kier alpha value is -8.25. The van der Waals surface area contributed by atoms with Crippen LogP contribution >= 0.6 is 0 Å². The average molecular weight is 914 g/mol. The fourth-order valence-electron chi connectivity index (χ4n) is 8.10. The number of nitrogens with one attached hydrogen (secondary N) is 2. The van der Waals surface area contributed by atoms with Gasteiger partial charge < -0.3 is 29.3 Å². The number of amides is 2. The van der Waals surface area contributed by atoms with Crippen LogP contribution in [0.5, 0.6) is 0 Å². The highest BCUT2D eigenvalue weighted by Crippen LogP contribution is 2.30. The Kier molecular flexibility index (Phi) is 13.4. The Morgan fingerprint density at radius 3 is 1.63 bits per heavy atom. The van der Waals surface area contributed by atoms with Gasteiger partial charge >= 0.3 is 18.2 Å². The Labute approximate surface area is 379 Å². The summed E-state index contributed by atoms with van der Waals surface area (Å²) in [4.78, 5) is 83.6. The molecule has 18 heteroatoms. The number of aromatic nitrogens is 2. The van der Waals surface area contributed by atoms with Crippen molar-refractivity contribution in [3.63, 3.8) is 0 Å². The molecule has 3 N–H and O–H groups in total. The monoisotopic (exact) mass is 913 g/mol. The lowest BCUT2D eigenvalue weighted by atomic mass is 10.0. The summed E-state index contributed by atoms with van der Waals surface area (Å²) in [6, 6.07) is 29.4. The molecule has 4 atom stereocenters. The van der Waals surface area contributed by atoms with E-state index >= 15 is 0 Å². The number of nitrogens with zero attached hydrogens (tertiary/aromatic N) is 3. The van der Waals surface area contributed by atoms with Crippen LogP contribution in [0.1, 0.15) is 55.0 Å². The predicted octanol–water partition coefficient (Wildman–Crippen LogP) is 8.30. The SMILES string of the molecule is O=C(O[C@H]1C[C@@H](C(=O)c2c[nH]c3cc(F)ccc23)N(C(=O)OCc2ccccc2)C1)c1ccc([N+](=O)[O-])cc1.O=C(c1c[nH]c2cc(F)ccc12)[C@@H]1C[C@H](O)CN1C(=O)OCc1ccccc1. The zero-order valence-corrected chi connectivity index (χ0v) is 35.4. The van der Waals surface area contributed by atoms with Crippen molar-refractivity contribution in [1.82, 2.24) is 19.8 Å². The quantitative estimate of drug-likeness (QED) is 0.0369. The van der Waals surface area contributed by atoms with Gasteiger partial charge in [0.1, 0.15) is 43.0 Å². The number of likely N-dealkylation sites (tertiary alicyclic amines) is 2. The van der Waals surface area contributed by atoms with Crippen LogP contribution in [-0.2, 0) is 27.4 Å². The number of rotatable bonds is 11. The van der Waals surface area contributed by atoms with Gasteiger partial charge in [0.25, 0.3) is 5.69 Å². The summed E-state index contributed by atoms with van der Waals surface area (Å²) < 4.78 is 43.4. The van der Waals surface area contributed by atoms with Gasteiger partial charge in [-0.1, -0.05) is 60.7 Å². The van der Waals surface area contributed by atoms with E-state index in [0.717, 1.165) is 11.1 Å². The maximum atomic E-state index is 13.7. The summed E-state index contributed by atoms with van der Waals surface area (Å²) in [7, 11) is 0. The van der Waals surface area contributed by atoms with Gasteiger partial charge in [0.2, 0.25) is 0 Å². The molecule has 2 amide bonds. The molecule has 2 fully saturated rings. The van der Waals surface area contributed by atoms with Gasteiger partial charge in [-0.05, 0) is 59.7 Å². The maximum absolute atomic E-state index is 13.7. The maximum Gasteiger partial charge on any atom is 0.410 e. The van der Waals surface area contributed by atoms with Crippen molar-refractivity contribution >= 4 is 57.2 Å². The number of hydrogen-bond acceptors (Lipinski definition) is 11. The van der Waals surface area contributed by atoms with Crippen molar-refractivity contribution in [3.8, 4) is 0 Å². The van der Waals surface area contributed by atoms with Gasteiger partial charge in [-0.3, -0.25) is 29.5 Å². The number of aromatic amines is 2. The molecule has 2 aliphatic heterocycles. The molecule has 0 aliphatic carbocycles. The van der Waals surface area contributed by atoms with E-state index in [2.05, 4.69) is 9.97 Å². The lowest BCUT2D eigenvalue weighted by molar-refractivity contribution is -0.384. The van der Waals surface area contributed by atoms with E-state index < -0.39 is 64.8 Å². The third-order valence-corrected chi connectivity index (χ3v) is 11.4. The van der Waals surface area contributed by atoms with Crippen LogP contribution in [0.25, 0.3) is 21.8 Å².